The van der Waals surface area contributed by atoms with Crippen LogP contribution >= 0.6 is 0 Å². The minimum Gasteiger partial charge on any atom is -0.379 e. The van der Waals surface area contributed by atoms with Gasteiger partial charge in [-0.2, -0.15) is 4.98 Å². The van der Waals surface area contributed by atoms with Crippen LogP contribution in [0.1, 0.15) is 35.8 Å². The number of anilines is 2. The highest BCUT2D eigenvalue weighted by Crippen LogP contribution is 2.12. The minimum absolute atomic E-state index is 0.0184. The molecule has 0 aliphatic rings. The zero-order valence-corrected chi connectivity index (χ0v) is 21.9. The van der Waals surface area contributed by atoms with Crippen LogP contribution in [-0.4, -0.2) is 77.3 Å². The van der Waals surface area contributed by atoms with Crippen molar-refractivity contribution < 1.29 is 19.1 Å². The van der Waals surface area contributed by atoms with Gasteiger partial charge in [-0.1, -0.05) is 0 Å². The molecule has 0 radical (unpaired) electrons. The predicted octanol–water partition coefficient (Wildman–Crippen LogP) is -0.0860. The number of H-pyrrole nitrogens is 1. The number of aromatic nitrogens is 4. The molecule has 2 amide bonds. The van der Waals surface area contributed by atoms with E-state index < -0.39 is 5.56 Å². The molecule has 2 aromatic heterocycles. The molecule has 0 bridgehead atoms. The minimum atomic E-state index is -0.456. The van der Waals surface area contributed by atoms with Crippen molar-refractivity contribution in [2.24, 2.45) is 5.73 Å². The molecule has 0 aliphatic carbocycles. The van der Waals surface area contributed by atoms with E-state index in [2.05, 4.69) is 35.9 Å². The lowest BCUT2D eigenvalue weighted by molar-refractivity contribution is -0.121. The third kappa shape index (κ3) is 9.92. The molecule has 0 fully saturated rings. The molecule has 1 aromatic carbocycles. The van der Waals surface area contributed by atoms with Crippen LogP contribution in [0.3, 0.4) is 0 Å². The first-order chi connectivity index (χ1) is 18.9. The molecule has 0 aliphatic heterocycles. The number of hydrogen-bond acceptors (Lipinski definition) is 11. The number of nitrogens with zero attached hydrogens (tertiary/aromatic N) is 3. The molecule has 0 saturated carbocycles. The van der Waals surface area contributed by atoms with Gasteiger partial charge in [0, 0.05) is 36.8 Å². The van der Waals surface area contributed by atoms with Crippen LogP contribution in [-0.2, 0) is 20.8 Å². The second-order valence-corrected chi connectivity index (χ2v) is 8.69. The van der Waals surface area contributed by atoms with Crippen molar-refractivity contribution >= 4 is 34.6 Å². The molecule has 3 rings (SSSR count). The predicted molar refractivity (Wildman–Crippen MR) is 146 cm³/mol. The van der Waals surface area contributed by atoms with Gasteiger partial charge in [-0.05, 0) is 37.6 Å². The third-order valence-corrected chi connectivity index (χ3v) is 5.49. The van der Waals surface area contributed by atoms with Crippen molar-refractivity contribution in [1.82, 2.24) is 30.6 Å². The number of nitrogen functional groups attached to an aromatic ring is 1. The van der Waals surface area contributed by atoms with Gasteiger partial charge in [-0.25, -0.2) is 9.97 Å². The van der Waals surface area contributed by atoms with Crippen LogP contribution in [0.25, 0.3) is 11.2 Å². The van der Waals surface area contributed by atoms with E-state index in [-0.39, 0.29) is 41.4 Å². The Hall–Kier alpha value is -4.14. The lowest BCUT2D eigenvalue weighted by Crippen LogP contribution is -2.34. The van der Waals surface area contributed by atoms with Crippen LogP contribution in [0, 0.1) is 0 Å². The van der Waals surface area contributed by atoms with Gasteiger partial charge in [0.2, 0.25) is 11.9 Å². The van der Waals surface area contributed by atoms with Crippen molar-refractivity contribution in [2.75, 3.05) is 50.6 Å². The summed E-state index contributed by atoms with van der Waals surface area (Å²) in [5.74, 6) is -0.350. The standard InChI is InChI=1S/C25H35N9O5/c1-16(2-7-20(35)28-9-11-39-13-12-38-10-8-26)31-23(36)17-3-5-18(6-4-17)29-14-19-15-30-22-21(32-19)24(37)34-25(27)33-22/h3-6,15-16,29H,2,7-14,26H2,1H3,(H,28,35)(H,31,36)(H3,27,30,33,34,37)/t16-/m1/s1. The molecule has 0 spiro atoms. The highest BCUT2D eigenvalue weighted by Gasteiger charge is 2.12. The van der Waals surface area contributed by atoms with E-state index >= 15 is 0 Å². The third-order valence-electron chi connectivity index (χ3n) is 5.49. The fourth-order valence-corrected chi connectivity index (χ4v) is 3.47. The quantitative estimate of drug-likeness (QED) is 0.132. The van der Waals surface area contributed by atoms with Crippen molar-refractivity contribution in [3.63, 3.8) is 0 Å². The Morgan fingerprint density at radius 3 is 2.56 bits per heavy atom. The van der Waals surface area contributed by atoms with Crippen LogP contribution in [0.4, 0.5) is 11.6 Å². The Morgan fingerprint density at radius 1 is 1.08 bits per heavy atom. The summed E-state index contributed by atoms with van der Waals surface area (Å²) >= 11 is 0. The maximum Gasteiger partial charge on any atom is 0.280 e. The summed E-state index contributed by atoms with van der Waals surface area (Å²) in [6.07, 6.45) is 2.31. The van der Waals surface area contributed by atoms with Gasteiger partial charge in [0.05, 0.1) is 44.9 Å². The molecule has 8 N–H and O–H groups in total. The van der Waals surface area contributed by atoms with Crippen molar-refractivity contribution in [3.8, 4) is 0 Å². The molecule has 0 saturated heterocycles. The second-order valence-electron chi connectivity index (χ2n) is 8.69. The van der Waals surface area contributed by atoms with Crippen molar-refractivity contribution in [2.45, 2.75) is 32.4 Å². The summed E-state index contributed by atoms with van der Waals surface area (Å²) in [6.45, 7) is 4.87. The summed E-state index contributed by atoms with van der Waals surface area (Å²) in [7, 11) is 0. The van der Waals surface area contributed by atoms with Crippen LogP contribution in [0.15, 0.2) is 35.3 Å². The first-order valence-corrected chi connectivity index (χ1v) is 12.6. The first-order valence-electron chi connectivity index (χ1n) is 12.6. The number of carbonyl (C=O) groups is 2. The Balaban J connectivity index is 1.35. The van der Waals surface area contributed by atoms with E-state index in [0.717, 1.165) is 5.69 Å². The van der Waals surface area contributed by atoms with Gasteiger partial charge in [0.25, 0.3) is 11.5 Å². The van der Waals surface area contributed by atoms with Gasteiger partial charge in [-0.15, -0.1) is 0 Å². The number of aromatic amines is 1. The Morgan fingerprint density at radius 2 is 1.82 bits per heavy atom. The number of rotatable bonds is 16. The molecular weight excluding hydrogens is 506 g/mol. The molecule has 39 heavy (non-hydrogen) atoms. The maximum absolute atomic E-state index is 12.6. The molecule has 14 heteroatoms. The Labute approximate surface area is 225 Å². The van der Waals surface area contributed by atoms with E-state index in [1.54, 1.807) is 24.3 Å². The normalized spacial score (nSPS) is 11.7. The number of nitrogens with one attached hydrogen (secondary N) is 4. The zero-order chi connectivity index (χ0) is 28.0. The van der Waals surface area contributed by atoms with E-state index in [9.17, 15) is 14.4 Å². The van der Waals surface area contributed by atoms with Gasteiger partial charge in [0.1, 0.15) is 0 Å². The number of carbonyl (C=O) groups excluding carboxylic acids is 2. The fourth-order valence-electron chi connectivity index (χ4n) is 3.47. The largest absolute Gasteiger partial charge is 0.379 e. The molecule has 2 heterocycles. The summed E-state index contributed by atoms with van der Waals surface area (Å²) in [5, 5.41) is 8.87. The monoisotopic (exact) mass is 541 g/mol. The summed E-state index contributed by atoms with van der Waals surface area (Å²) in [6, 6.07) is 6.74. The number of hydrogen-bond donors (Lipinski definition) is 6. The highest BCUT2D eigenvalue weighted by atomic mass is 16.5. The van der Waals surface area contributed by atoms with Gasteiger partial charge in [-0.3, -0.25) is 19.4 Å². The lowest BCUT2D eigenvalue weighted by Gasteiger charge is -2.14. The number of fused-ring (bicyclic) bond motifs is 1. The van der Waals surface area contributed by atoms with E-state index in [4.69, 9.17) is 20.9 Å². The van der Waals surface area contributed by atoms with Crippen LogP contribution in [0.2, 0.25) is 0 Å². The number of ether oxygens (including phenoxy) is 2. The van der Waals surface area contributed by atoms with Gasteiger partial charge in [0.15, 0.2) is 11.2 Å². The second kappa shape index (κ2) is 15.3. The zero-order valence-electron chi connectivity index (χ0n) is 21.9. The van der Waals surface area contributed by atoms with Crippen LogP contribution < -0.4 is 33.0 Å². The van der Waals surface area contributed by atoms with E-state index in [1.165, 1.54) is 6.20 Å². The number of amides is 2. The van der Waals surface area contributed by atoms with Crippen molar-refractivity contribution in [3.05, 3.63) is 52.1 Å². The highest BCUT2D eigenvalue weighted by molar-refractivity contribution is 5.94. The molecular formula is C25H35N9O5. The average Bonchev–Trinajstić information content (AvgIpc) is 2.92. The van der Waals surface area contributed by atoms with Gasteiger partial charge < -0.3 is 36.9 Å². The molecule has 14 nitrogen and oxygen atoms in total. The van der Waals surface area contributed by atoms with E-state index in [1.807, 2.05) is 6.92 Å². The number of benzene rings is 1. The Kier molecular flexibility index (Phi) is 11.6. The SMILES string of the molecule is C[C@H](CCC(=O)NCCOCCOCCN)NC(=O)c1ccc(NCc2cnc3nc(N)[nH]c(=O)c3n2)cc1. The fraction of sp³-hybridized carbons (Fsp3) is 0.440. The van der Waals surface area contributed by atoms with Crippen molar-refractivity contribution in [1.29, 1.82) is 0 Å². The van der Waals surface area contributed by atoms with E-state index in [0.29, 0.717) is 63.7 Å². The van der Waals surface area contributed by atoms with Gasteiger partial charge >= 0.3 is 0 Å². The lowest BCUT2D eigenvalue weighted by atomic mass is 10.1. The Bertz CT molecular complexity index is 1280. The molecule has 210 valence electrons. The maximum atomic E-state index is 12.6. The summed E-state index contributed by atoms with van der Waals surface area (Å²) in [5.41, 5.74) is 12.5. The molecule has 3 aromatic rings. The molecule has 0 unspecified atom stereocenters. The number of nitrogens with two attached hydrogens (primary N) is 2. The summed E-state index contributed by atoms with van der Waals surface area (Å²) < 4.78 is 10.6. The van der Waals surface area contributed by atoms with Crippen LogP contribution in [0.5, 0.6) is 0 Å². The topological polar surface area (TPSA) is 212 Å². The summed E-state index contributed by atoms with van der Waals surface area (Å²) in [4.78, 5) is 51.4. The smallest absolute Gasteiger partial charge is 0.280 e. The first kappa shape index (κ1) is 29.4. The molecule has 1 atom stereocenters. The average molecular weight is 542 g/mol.